The number of anilines is 1. The van der Waals surface area contributed by atoms with Crippen molar-refractivity contribution in [1.29, 1.82) is 0 Å². The minimum Gasteiger partial charge on any atom is -0.348 e. The molecule has 1 aliphatic heterocycles. The Bertz CT molecular complexity index is 1430. The zero-order valence-corrected chi connectivity index (χ0v) is 18.7. The van der Waals surface area contributed by atoms with Gasteiger partial charge >= 0.3 is 0 Å². The van der Waals surface area contributed by atoms with Crippen molar-refractivity contribution in [1.82, 2.24) is 15.1 Å². The van der Waals surface area contributed by atoms with E-state index < -0.39 is 23.7 Å². The van der Waals surface area contributed by atoms with Gasteiger partial charge in [0.2, 0.25) is 5.91 Å². The van der Waals surface area contributed by atoms with E-state index in [-0.39, 0.29) is 31.0 Å². The number of halogens is 2. The molecule has 2 aliphatic rings. The molecule has 6 rings (SSSR count). The number of hydrogen-bond acceptors (Lipinski definition) is 3. The van der Waals surface area contributed by atoms with Crippen molar-refractivity contribution < 1.29 is 18.4 Å². The highest BCUT2D eigenvalue weighted by Crippen LogP contribution is 2.42. The minimum atomic E-state index is -1.81. The number of nitrogens with one attached hydrogen (secondary N) is 1. The van der Waals surface area contributed by atoms with Gasteiger partial charge in [0.25, 0.3) is 5.91 Å². The Labute approximate surface area is 200 Å². The standard InChI is InChI=1S/C27H22F2N4O2/c28-19-6-8-20(9-7-19)33-23-11-10-21(14-18(23)16-30-33)32-24(34)15-22(31-26(35)27(29)12-13-27)25(32)17-4-2-1-3-5-17/h1-11,14,16,22,25H,12-13,15H2,(H,31,35)/t22-,25+/m1/s1. The average molecular weight is 472 g/mol. The zero-order chi connectivity index (χ0) is 24.2. The van der Waals surface area contributed by atoms with Gasteiger partial charge in [0, 0.05) is 17.5 Å². The topological polar surface area (TPSA) is 67.2 Å². The Morgan fingerprint density at radius 2 is 1.71 bits per heavy atom. The lowest BCUT2D eigenvalue weighted by atomic mass is 9.99. The van der Waals surface area contributed by atoms with Gasteiger partial charge in [0.1, 0.15) is 5.82 Å². The highest BCUT2D eigenvalue weighted by Gasteiger charge is 2.53. The van der Waals surface area contributed by atoms with E-state index in [2.05, 4.69) is 10.4 Å². The van der Waals surface area contributed by atoms with Crippen LogP contribution < -0.4 is 10.2 Å². The van der Waals surface area contributed by atoms with Crippen molar-refractivity contribution in [2.75, 3.05) is 4.90 Å². The van der Waals surface area contributed by atoms with Crippen molar-refractivity contribution in [2.24, 2.45) is 0 Å². The van der Waals surface area contributed by atoms with Crippen LogP contribution in [0.5, 0.6) is 0 Å². The zero-order valence-electron chi connectivity index (χ0n) is 18.7. The second-order valence-corrected chi connectivity index (χ2v) is 9.14. The Hall–Kier alpha value is -4.07. The summed E-state index contributed by atoms with van der Waals surface area (Å²) in [6, 6.07) is 20.0. The molecule has 2 amide bonds. The van der Waals surface area contributed by atoms with Crippen molar-refractivity contribution in [3.05, 3.63) is 90.4 Å². The predicted octanol–water partition coefficient (Wildman–Crippen LogP) is 4.63. The monoisotopic (exact) mass is 472 g/mol. The molecule has 35 heavy (non-hydrogen) atoms. The molecular formula is C27H22F2N4O2. The van der Waals surface area contributed by atoms with Gasteiger partial charge in [-0.25, -0.2) is 13.5 Å². The van der Waals surface area contributed by atoms with Crippen LogP contribution in [0.15, 0.2) is 79.0 Å². The van der Waals surface area contributed by atoms with E-state index in [9.17, 15) is 18.4 Å². The Morgan fingerprint density at radius 1 is 1.00 bits per heavy atom. The SMILES string of the molecule is O=C1C[C@@H](NC(=O)C2(F)CC2)[C@H](c2ccccc2)N1c1ccc2c(cnn2-c2ccc(F)cc2)c1. The lowest BCUT2D eigenvalue weighted by Crippen LogP contribution is -2.44. The molecule has 176 valence electrons. The van der Waals surface area contributed by atoms with Gasteiger partial charge < -0.3 is 10.2 Å². The predicted molar refractivity (Wildman–Crippen MR) is 127 cm³/mol. The summed E-state index contributed by atoms with van der Waals surface area (Å²) in [6.07, 6.45) is 2.20. The number of carbonyl (C=O) groups is 2. The Balaban J connectivity index is 1.37. The number of carbonyl (C=O) groups excluding carboxylic acids is 2. The van der Waals surface area contributed by atoms with Crippen LogP contribution in [0.3, 0.4) is 0 Å². The third kappa shape index (κ3) is 3.75. The van der Waals surface area contributed by atoms with Gasteiger partial charge in [-0.3, -0.25) is 9.59 Å². The third-order valence-corrected chi connectivity index (χ3v) is 6.78. The van der Waals surface area contributed by atoms with Crippen LogP contribution in [-0.4, -0.2) is 33.3 Å². The summed E-state index contributed by atoms with van der Waals surface area (Å²) in [5.74, 6) is -1.12. The van der Waals surface area contributed by atoms with E-state index in [0.717, 1.165) is 22.2 Å². The molecule has 1 aromatic heterocycles. The molecule has 1 saturated heterocycles. The highest BCUT2D eigenvalue weighted by atomic mass is 19.1. The largest absolute Gasteiger partial charge is 0.348 e. The third-order valence-electron chi connectivity index (χ3n) is 6.78. The maximum atomic E-state index is 14.4. The quantitative estimate of drug-likeness (QED) is 0.461. The summed E-state index contributed by atoms with van der Waals surface area (Å²) in [7, 11) is 0. The second-order valence-electron chi connectivity index (χ2n) is 9.14. The van der Waals surface area contributed by atoms with Crippen LogP contribution in [-0.2, 0) is 9.59 Å². The van der Waals surface area contributed by atoms with E-state index in [1.54, 1.807) is 27.9 Å². The van der Waals surface area contributed by atoms with Gasteiger partial charge in [0.05, 0.1) is 29.5 Å². The highest BCUT2D eigenvalue weighted by molar-refractivity contribution is 6.00. The molecule has 1 N–H and O–H groups in total. The summed E-state index contributed by atoms with van der Waals surface area (Å²) in [5, 5.41) is 8.05. The van der Waals surface area contributed by atoms with Crippen LogP contribution >= 0.6 is 0 Å². The fourth-order valence-corrected chi connectivity index (χ4v) is 4.79. The maximum Gasteiger partial charge on any atom is 0.257 e. The number of aromatic nitrogens is 2. The van der Waals surface area contributed by atoms with E-state index in [1.807, 2.05) is 48.5 Å². The molecule has 1 aliphatic carbocycles. The number of alkyl halides is 1. The first-order chi connectivity index (χ1) is 16.9. The van der Waals surface area contributed by atoms with Crippen LogP contribution in [0.1, 0.15) is 30.9 Å². The molecule has 4 aromatic rings. The van der Waals surface area contributed by atoms with Crippen molar-refractivity contribution in [3.63, 3.8) is 0 Å². The van der Waals surface area contributed by atoms with Crippen LogP contribution in [0.4, 0.5) is 14.5 Å². The first kappa shape index (κ1) is 21.5. The summed E-state index contributed by atoms with van der Waals surface area (Å²) in [5.41, 5.74) is 1.23. The van der Waals surface area contributed by atoms with Crippen molar-refractivity contribution in [2.45, 2.75) is 37.0 Å². The van der Waals surface area contributed by atoms with E-state index >= 15 is 0 Å². The molecule has 0 radical (unpaired) electrons. The molecule has 2 fully saturated rings. The van der Waals surface area contributed by atoms with Crippen LogP contribution in [0, 0.1) is 5.82 Å². The van der Waals surface area contributed by atoms with Gasteiger partial charge in [-0.2, -0.15) is 5.10 Å². The molecule has 3 aromatic carbocycles. The van der Waals surface area contributed by atoms with Gasteiger partial charge in [-0.05, 0) is 60.9 Å². The first-order valence-electron chi connectivity index (χ1n) is 11.5. The van der Waals surface area contributed by atoms with Gasteiger partial charge in [-0.15, -0.1) is 0 Å². The molecule has 2 atom stereocenters. The lowest BCUT2D eigenvalue weighted by molar-refractivity contribution is -0.128. The number of rotatable bonds is 5. The molecule has 2 heterocycles. The Kier molecular flexibility index (Phi) is 4.91. The number of benzene rings is 3. The summed E-state index contributed by atoms with van der Waals surface area (Å²) < 4.78 is 29.4. The van der Waals surface area contributed by atoms with Gasteiger partial charge in [0.15, 0.2) is 5.67 Å². The van der Waals surface area contributed by atoms with Crippen molar-refractivity contribution in [3.8, 4) is 5.69 Å². The van der Waals surface area contributed by atoms with E-state index in [4.69, 9.17) is 0 Å². The minimum absolute atomic E-state index is 0.0776. The molecule has 8 heteroatoms. The number of hydrogen-bond donors (Lipinski definition) is 1. The van der Waals surface area contributed by atoms with Crippen molar-refractivity contribution >= 4 is 28.4 Å². The molecule has 1 saturated carbocycles. The van der Waals surface area contributed by atoms with E-state index in [1.165, 1.54) is 12.1 Å². The Morgan fingerprint density at radius 3 is 2.43 bits per heavy atom. The van der Waals surface area contributed by atoms with Gasteiger partial charge in [-0.1, -0.05) is 30.3 Å². The lowest BCUT2D eigenvalue weighted by Gasteiger charge is -2.29. The molecule has 0 spiro atoms. The molecule has 0 bridgehead atoms. The number of fused-ring (bicyclic) bond motifs is 1. The van der Waals surface area contributed by atoms with Crippen LogP contribution in [0.2, 0.25) is 0 Å². The number of nitrogens with zero attached hydrogens (tertiary/aromatic N) is 3. The summed E-state index contributed by atoms with van der Waals surface area (Å²) >= 11 is 0. The fourth-order valence-electron chi connectivity index (χ4n) is 4.79. The summed E-state index contributed by atoms with van der Waals surface area (Å²) in [4.78, 5) is 27.4. The van der Waals surface area contributed by atoms with Crippen LogP contribution in [0.25, 0.3) is 16.6 Å². The maximum absolute atomic E-state index is 14.4. The van der Waals surface area contributed by atoms with E-state index in [0.29, 0.717) is 5.69 Å². The number of amides is 2. The molecule has 0 unspecified atom stereocenters. The average Bonchev–Trinajstić information content (AvgIpc) is 3.35. The normalized spacial score (nSPS) is 20.9. The summed E-state index contributed by atoms with van der Waals surface area (Å²) in [6.45, 7) is 0. The second kappa shape index (κ2) is 8.01. The molecular weight excluding hydrogens is 450 g/mol. The fraction of sp³-hybridized carbons (Fsp3) is 0.222. The molecule has 6 nitrogen and oxygen atoms in total. The smallest absolute Gasteiger partial charge is 0.257 e. The first-order valence-corrected chi connectivity index (χ1v) is 11.5.